The number of rotatable bonds is 4. The minimum atomic E-state index is 0. The molecule has 1 saturated heterocycles. The van der Waals surface area contributed by atoms with Crippen LogP contribution in [-0.2, 0) is 4.79 Å². The molecule has 1 amide bonds. The van der Waals surface area contributed by atoms with Gasteiger partial charge in [0.15, 0.2) is 5.78 Å². The molecule has 0 aromatic heterocycles. The number of amides is 1. The zero-order valence-electron chi connectivity index (χ0n) is 11.7. The number of nitrogens with one attached hydrogen (secondary N) is 1. The maximum atomic E-state index is 12.1. The van der Waals surface area contributed by atoms with E-state index in [0.29, 0.717) is 18.4 Å². The number of piperazine rings is 1. The summed E-state index contributed by atoms with van der Waals surface area (Å²) in [4.78, 5) is 25.9. The van der Waals surface area contributed by atoms with Crippen LogP contribution in [0.15, 0.2) is 30.3 Å². The Bertz CT molecular complexity index is 450. The first kappa shape index (κ1) is 16.7. The molecule has 1 aliphatic rings. The van der Waals surface area contributed by atoms with E-state index in [4.69, 9.17) is 0 Å². The number of halogens is 1. The highest BCUT2D eigenvalue weighted by Crippen LogP contribution is 2.09. The van der Waals surface area contributed by atoms with E-state index in [-0.39, 0.29) is 30.1 Å². The van der Waals surface area contributed by atoms with Gasteiger partial charge in [0, 0.05) is 44.1 Å². The Hall–Kier alpha value is -1.39. The zero-order chi connectivity index (χ0) is 13.7. The fourth-order valence-corrected chi connectivity index (χ4v) is 2.34. The molecule has 2 rings (SSSR count). The minimum Gasteiger partial charge on any atom is -0.337 e. The summed E-state index contributed by atoms with van der Waals surface area (Å²) >= 11 is 0. The molecule has 1 aromatic rings. The second-order valence-corrected chi connectivity index (χ2v) is 4.93. The van der Waals surface area contributed by atoms with Gasteiger partial charge in [0.1, 0.15) is 0 Å². The summed E-state index contributed by atoms with van der Waals surface area (Å²) in [5.41, 5.74) is 0.684. The van der Waals surface area contributed by atoms with E-state index in [2.05, 4.69) is 5.32 Å². The van der Waals surface area contributed by atoms with Crippen LogP contribution in [0.1, 0.15) is 30.1 Å². The SMILES string of the molecule is C[C@@H]1CNCCN1C(=O)CCC(=O)c1ccccc1.Cl. The molecule has 0 bridgehead atoms. The van der Waals surface area contributed by atoms with Gasteiger partial charge in [0.25, 0.3) is 0 Å². The highest BCUT2D eigenvalue weighted by Gasteiger charge is 2.23. The molecular formula is C15H21ClN2O2. The molecule has 1 aliphatic heterocycles. The maximum absolute atomic E-state index is 12.1. The van der Waals surface area contributed by atoms with E-state index < -0.39 is 0 Å². The predicted molar refractivity (Wildman–Crippen MR) is 81.3 cm³/mol. The maximum Gasteiger partial charge on any atom is 0.223 e. The topological polar surface area (TPSA) is 49.4 Å². The van der Waals surface area contributed by atoms with Crippen LogP contribution in [0.4, 0.5) is 0 Å². The van der Waals surface area contributed by atoms with Crippen molar-refractivity contribution < 1.29 is 9.59 Å². The van der Waals surface area contributed by atoms with Crippen LogP contribution in [0.5, 0.6) is 0 Å². The first-order chi connectivity index (χ1) is 9.18. The Morgan fingerprint density at radius 3 is 2.60 bits per heavy atom. The number of ketones is 1. The van der Waals surface area contributed by atoms with E-state index in [1.54, 1.807) is 12.1 Å². The minimum absolute atomic E-state index is 0. The summed E-state index contributed by atoms with van der Waals surface area (Å²) in [6, 6.07) is 9.36. The molecule has 0 spiro atoms. The smallest absolute Gasteiger partial charge is 0.223 e. The van der Waals surface area contributed by atoms with Crippen molar-refractivity contribution in [3.05, 3.63) is 35.9 Å². The third-order valence-corrected chi connectivity index (χ3v) is 3.48. The average molecular weight is 297 g/mol. The lowest BCUT2D eigenvalue weighted by atomic mass is 10.1. The molecule has 5 heteroatoms. The molecule has 0 unspecified atom stereocenters. The highest BCUT2D eigenvalue weighted by molar-refractivity contribution is 5.97. The van der Waals surface area contributed by atoms with Gasteiger partial charge < -0.3 is 10.2 Å². The van der Waals surface area contributed by atoms with Crippen LogP contribution >= 0.6 is 12.4 Å². The third-order valence-electron chi connectivity index (χ3n) is 3.48. The van der Waals surface area contributed by atoms with Crippen molar-refractivity contribution in [1.82, 2.24) is 10.2 Å². The second-order valence-electron chi connectivity index (χ2n) is 4.93. The van der Waals surface area contributed by atoms with Gasteiger partial charge in [-0.3, -0.25) is 9.59 Å². The molecule has 0 saturated carbocycles. The summed E-state index contributed by atoms with van der Waals surface area (Å²) in [5, 5.41) is 3.25. The van der Waals surface area contributed by atoms with Crippen molar-refractivity contribution >= 4 is 24.1 Å². The van der Waals surface area contributed by atoms with Crippen LogP contribution < -0.4 is 5.32 Å². The number of carbonyl (C=O) groups excluding carboxylic acids is 2. The van der Waals surface area contributed by atoms with E-state index in [9.17, 15) is 9.59 Å². The second kappa shape index (κ2) is 8.02. The van der Waals surface area contributed by atoms with Gasteiger partial charge >= 0.3 is 0 Å². The molecule has 110 valence electrons. The normalized spacial score (nSPS) is 18.2. The highest BCUT2D eigenvalue weighted by atomic mass is 35.5. The molecule has 1 atom stereocenters. The zero-order valence-corrected chi connectivity index (χ0v) is 12.5. The van der Waals surface area contributed by atoms with E-state index >= 15 is 0 Å². The standard InChI is InChI=1S/C15H20N2O2.ClH/c1-12-11-16-9-10-17(12)15(19)8-7-14(18)13-5-3-2-4-6-13;/h2-6,12,16H,7-11H2,1H3;1H/t12-;/m1./s1. The van der Waals surface area contributed by atoms with E-state index in [1.165, 1.54) is 0 Å². The van der Waals surface area contributed by atoms with Gasteiger partial charge in [0.05, 0.1) is 0 Å². The third kappa shape index (κ3) is 4.32. The van der Waals surface area contributed by atoms with Gasteiger partial charge in [0.2, 0.25) is 5.91 Å². The number of hydrogen-bond acceptors (Lipinski definition) is 3. The molecule has 1 heterocycles. The van der Waals surface area contributed by atoms with Gasteiger partial charge in [-0.05, 0) is 6.92 Å². The van der Waals surface area contributed by atoms with E-state index in [1.807, 2.05) is 30.0 Å². The lowest BCUT2D eigenvalue weighted by Crippen LogP contribution is -2.52. The first-order valence-electron chi connectivity index (χ1n) is 6.77. The Morgan fingerprint density at radius 1 is 1.25 bits per heavy atom. The summed E-state index contributed by atoms with van der Waals surface area (Å²) in [6.45, 7) is 4.43. The molecule has 4 nitrogen and oxygen atoms in total. The molecule has 1 N–H and O–H groups in total. The molecule has 20 heavy (non-hydrogen) atoms. The van der Waals surface area contributed by atoms with Crippen LogP contribution in [0, 0.1) is 0 Å². The lowest BCUT2D eigenvalue weighted by molar-refractivity contribution is -0.133. The van der Waals surface area contributed by atoms with Crippen LogP contribution in [0.3, 0.4) is 0 Å². The van der Waals surface area contributed by atoms with Gasteiger partial charge in [-0.2, -0.15) is 0 Å². The first-order valence-corrected chi connectivity index (χ1v) is 6.77. The number of Topliss-reactive ketones (excluding diaryl/α,β-unsaturated/α-hetero) is 1. The Labute approximate surface area is 125 Å². The monoisotopic (exact) mass is 296 g/mol. The predicted octanol–water partition coefficient (Wildman–Crippen LogP) is 1.89. The van der Waals surface area contributed by atoms with E-state index in [0.717, 1.165) is 19.6 Å². The van der Waals surface area contributed by atoms with Crippen LogP contribution in [0.25, 0.3) is 0 Å². The van der Waals surface area contributed by atoms with Crippen LogP contribution in [-0.4, -0.2) is 42.3 Å². The number of carbonyl (C=O) groups is 2. The Kier molecular flexibility index (Phi) is 6.68. The summed E-state index contributed by atoms with van der Waals surface area (Å²) < 4.78 is 0. The van der Waals surface area contributed by atoms with Crippen molar-refractivity contribution in [3.8, 4) is 0 Å². The summed E-state index contributed by atoms with van der Waals surface area (Å²) in [6.07, 6.45) is 0.595. The van der Waals surface area contributed by atoms with Gasteiger partial charge in [-0.15, -0.1) is 12.4 Å². The molecule has 0 aliphatic carbocycles. The van der Waals surface area contributed by atoms with Crippen molar-refractivity contribution in [2.24, 2.45) is 0 Å². The fourth-order valence-electron chi connectivity index (χ4n) is 2.34. The number of hydrogen-bond donors (Lipinski definition) is 1. The lowest BCUT2D eigenvalue weighted by Gasteiger charge is -2.34. The van der Waals surface area contributed by atoms with Crippen molar-refractivity contribution in [2.45, 2.75) is 25.8 Å². The Balaban J connectivity index is 0.00000200. The summed E-state index contributed by atoms with van der Waals surface area (Å²) in [5.74, 6) is 0.120. The number of nitrogens with zero attached hydrogens (tertiary/aromatic N) is 1. The molecular weight excluding hydrogens is 276 g/mol. The quantitative estimate of drug-likeness (QED) is 0.863. The van der Waals surface area contributed by atoms with Crippen LogP contribution in [0.2, 0.25) is 0 Å². The van der Waals surface area contributed by atoms with Crippen molar-refractivity contribution in [1.29, 1.82) is 0 Å². The summed E-state index contributed by atoms with van der Waals surface area (Å²) in [7, 11) is 0. The van der Waals surface area contributed by atoms with Gasteiger partial charge in [-0.25, -0.2) is 0 Å². The largest absolute Gasteiger partial charge is 0.337 e. The van der Waals surface area contributed by atoms with Crippen molar-refractivity contribution in [2.75, 3.05) is 19.6 Å². The average Bonchev–Trinajstić information content (AvgIpc) is 2.46. The molecule has 0 radical (unpaired) electrons. The molecule has 1 aromatic carbocycles. The fraction of sp³-hybridized carbons (Fsp3) is 0.467. The van der Waals surface area contributed by atoms with Gasteiger partial charge in [-0.1, -0.05) is 30.3 Å². The van der Waals surface area contributed by atoms with Crippen molar-refractivity contribution in [3.63, 3.8) is 0 Å². The Morgan fingerprint density at radius 2 is 1.95 bits per heavy atom. The molecule has 1 fully saturated rings. The number of benzene rings is 1.